The first-order chi connectivity index (χ1) is 14.0. The molecule has 2 aromatic carbocycles. The third kappa shape index (κ3) is 5.22. The molecule has 152 valence electrons. The minimum Gasteiger partial charge on any atom is -0.356 e. The van der Waals surface area contributed by atoms with Crippen LogP contribution in [0.5, 0.6) is 0 Å². The van der Waals surface area contributed by atoms with E-state index >= 15 is 0 Å². The van der Waals surface area contributed by atoms with Gasteiger partial charge < -0.3 is 15.1 Å². The summed E-state index contributed by atoms with van der Waals surface area (Å²) in [5.41, 5.74) is 3.04. The van der Waals surface area contributed by atoms with Gasteiger partial charge in [0, 0.05) is 32.1 Å². The van der Waals surface area contributed by atoms with Gasteiger partial charge in [-0.3, -0.25) is 14.4 Å². The summed E-state index contributed by atoms with van der Waals surface area (Å²) in [7, 11) is 0. The lowest BCUT2D eigenvalue weighted by Crippen LogP contribution is -2.59. The molecule has 1 unspecified atom stereocenters. The predicted octanol–water partition coefficient (Wildman–Crippen LogP) is 2.31. The third-order valence-corrected chi connectivity index (χ3v) is 5.19. The molecule has 1 aliphatic rings. The third-order valence-electron chi connectivity index (χ3n) is 5.19. The Morgan fingerprint density at radius 2 is 1.76 bits per heavy atom. The highest BCUT2D eigenvalue weighted by Gasteiger charge is 2.35. The molecule has 1 fully saturated rings. The molecule has 3 rings (SSSR count). The van der Waals surface area contributed by atoms with Crippen LogP contribution in [-0.4, -0.2) is 48.3 Å². The van der Waals surface area contributed by atoms with Crippen molar-refractivity contribution in [2.75, 3.05) is 24.5 Å². The van der Waals surface area contributed by atoms with Crippen LogP contribution < -0.4 is 10.2 Å². The number of amides is 3. The number of carbonyl (C=O) groups is 3. The quantitative estimate of drug-likeness (QED) is 0.819. The van der Waals surface area contributed by atoms with Crippen LogP contribution in [0.15, 0.2) is 54.6 Å². The summed E-state index contributed by atoms with van der Waals surface area (Å²) in [5.74, 6) is -0.368. The average Bonchev–Trinajstić information content (AvgIpc) is 2.70. The van der Waals surface area contributed by atoms with Crippen molar-refractivity contribution in [1.82, 2.24) is 10.2 Å². The average molecular weight is 393 g/mol. The summed E-state index contributed by atoms with van der Waals surface area (Å²) in [6.45, 7) is 4.18. The second kappa shape index (κ2) is 9.37. The number of aryl methyl sites for hydroxylation is 1. The fourth-order valence-corrected chi connectivity index (χ4v) is 3.71. The van der Waals surface area contributed by atoms with E-state index in [0.717, 1.165) is 16.8 Å². The Labute approximate surface area is 171 Å². The highest BCUT2D eigenvalue weighted by atomic mass is 16.2. The van der Waals surface area contributed by atoms with E-state index in [1.54, 1.807) is 9.80 Å². The van der Waals surface area contributed by atoms with E-state index in [2.05, 4.69) is 5.32 Å². The first-order valence-electron chi connectivity index (χ1n) is 9.89. The second-order valence-electron chi connectivity index (χ2n) is 7.39. The molecule has 2 aromatic rings. The molecule has 0 radical (unpaired) electrons. The molecule has 1 saturated heterocycles. The van der Waals surface area contributed by atoms with E-state index in [0.29, 0.717) is 13.0 Å². The zero-order chi connectivity index (χ0) is 20.8. The Morgan fingerprint density at radius 1 is 1.07 bits per heavy atom. The zero-order valence-corrected chi connectivity index (χ0v) is 16.9. The first kappa shape index (κ1) is 20.6. The molecular weight excluding hydrogens is 366 g/mol. The Hall–Kier alpha value is -3.15. The van der Waals surface area contributed by atoms with Gasteiger partial charge in [-0.1, -0.05) is 48.5 Å². The molecule has 1 heterocycles. The number of hydrogen-bond donors (Lipinski definition) is 1. The Bertz CT molecular complexity index is 882. The maximum Gasteiger partial charge on any atom is 0.246 e. The van der Waals surface area contributed by atoms with Crippen LogP contribution >= 0.6 is 0 Å². The SMILES string of the molecule is CC(=O)NCCC(=O)N1CC(=O)N(c2ccccc2C)CC1Cc1ccccc1. The second-order valence-corrected chi connectivity index (χ2v) is 7.39. The molecule has 6 nitrogen and oxygen atoms in total. The molecule has 0 spiro atoms. The van der Waals surface area contributed by atoms with Gasteiger partial charge in [-0.05, 0) is 30.5 Å². The summed E-state index contributed by atoms with van der Waals surface area (Å²) < 4.78 is 0. The lowest BCUT2D eigenvalue weighted by molar-refractivity contribution is -0.139. The van der Waals surface area contributed by atoms with Crippen LogP contribution in [-0.2, 0) is 20.8 Å². The van der Waals surface area contributed by atoms with Crippen LogP contribution in [0.2, 0.25) is 0 Å². The molecule has 0 bridgehead atoms. The molecule has 6 heteroatoms. The van der Waals surface area contributed by atoms with Gasteiger partial charge in [0.05, 0.1) is 6.04 Å². The van der Waals surface area contributed by atoms with Crippen molar-refractivity contribution in [2.24, 2.45) is 0 Å². The first-order valence-corrected chi connectivity index (χ1v) is 9.89. The van der Waals surface area contributed by atoms with Crippen molar-refractivity contribution in [3.63, 3.8) is 0 Å². The molecule has 29 heavy (non-hydrogen) atoms. The van der Waals surface area contributed by atoms with Gasteiger partial charge in [0.2, 0.25) is 17.7 Å². The molecule has 3 amide bonds. The van der Waals surface area contributed by atoms with E-state index in [9.17, 15) is 14.4 Å². The van der Waals surface area contributed by atoms with E-state index in [-0.39, 0.29) is 43.3 Å². The Morgan fingerprint density at radius 3 is 2.45 bits per heavy atom. The summed E-state index contributed by atoms with van der Waals surface area (Å²) >= 11 is 0. The van der Waals surface area contributed by atoms with Crippen LogP contribution in [0, 0.1) is 6.92 Å². The van der Waals surface area contributed by atoms with Gasteiger partial charge in [-0.2, -0.15) is 0 Å². The highest BCUT2D eigenvalue weighted by Crippen LogP contribution is 2.25. The highest BCUT2D eigenvalue weighted by molar-refractivity contribution is 5.98. The Balaban J connectivity index is 1.81. The number of rotatable bonds is 6. The summed E-state index contributed by atoms with van der Waals surface area (Å²) in [5, 5.41) is 2.65. The molecular formula is C23H27N3O3. The summed E-state index contributed by atoms with van der Waals surface area (Å²) in [6, 6.07) is 17.7. The zero-order valence-electron chi connectivity index (χ0n) is 16.9. The van der Waals surface area contributed by atoms with Crippen molar-refractivity contribution in [1.29, 1.82) is 0 Å². The number of benzene rings is 2. The number of hydrogen-bond acceptors (Lipinski definition) is 3. The van der Waals surface area contributed by atoms with Gasteiger partial charge in [-0.15, -0.1) is 0 Å². The topological polar surface area (TPSA) is 69.7 Å². The summed E-state index contributed by atoms with van der Waals surface area (Å²) in [6.07, 6.45) is 0.852. The lowest BCUT2D eigenvalue weighted by Gasteiger charge is -2.41. The van der Waals surface area contributed by atoms with Crippen LogP contribution in [0.4, 0.5) is 5.69 Å². The van der Waals surface area contributed by atoms with Crippen LogP contribution in [0.1, 0.15) is 24.5 Å². The lowest BCUT2D eigenvalue weighted by atomic mass is 10.00. The van der Waals surface area contributed by atoms with Crippen molar-refractivity contribution in [3.8, 4) is 0 Å². The molecule has 0 aromatic heterocycles. The smallest absolute Gasteiger partial charge is 0.246 e. The fourth-order valence-electron chi connectivity index (χ4n) is 3.71. The molecule has 1 atom stereocenters. The normalized spacial score (nSPS) is 16.6. The van der Waals surface area contributed by atoms with Crippen molar-refractivity contribution < 1.29 is 14.4 Å². The van der Waals surface area contributed by atoms with Crippen molar-refractivity contribution >= 4 is 23.4 Å². The van der Waals surface area contributed by atoms with Gasteiger partial charge in [0.25, 0.3) is 0 Å². The number of nitrogens with one attached hydrogen (secondary N) is 1. The molecule has 0 aliphatic carbocycles. The number of nitrogens with zero attached hydrogens (tertiary/aromatic N) is 2. The van der Waals surface area contributed by atoms with Gasteiger partial charge in [-0.25, -0.2) is 0 Å². The van der Waals surface area contributed by atoms with Crippen molar-refractivity contribution in [2.45, 2.75) is 32.7 Å². The van der Waals surface area contributed by atoms with E-state index in [4.69, 9.17) is 0 Å². The monoisotopic (exact) mass is 393 g/mol. The van der Waals surface area contributed by atoms with E-state index in [1.807, 2.05) is 61.5 Å². The maximum absolute atomic E-state index is 12.9. The Kier molecular flexibility index (Phi) is 6.65. The largest absolute Gasteiger partial charge is 0.356 e. The van der Waals surface area contributed by atoms with Gasteiger partial charge in [0.1, 0.15) is 6.54 Å². The van der Waals surface area contributed by atoms with E-state index < -0.39 is 0 Å². The maximum atomic E-state index is 12.9. The number of carbonyl (C=O) groups excluding carboxylic acids is 3. The van der Waals surface area contributed by atoms with Gasteiger partial charge >= 0.3 is 0 Å². The number of anilines is 1. The fraction of sp³-hybridized carbons (Fsp3) is 0.348. The van der Waals surface area contributed by atoms with Crippen molar-refractivity contribution in [3.05, 3.63) is 65.7 Å². The van der Waals surface area contributed by atoms with Gasteiger partial charge in [0.15, 0.2) is 0 Å². The molecule has 1 N–H and O–H groups in total. The molecule has 1 aliphatic heterocycles. The number of piperazine rings is 1. The predicted molar refractivity (Wildman–Crippen MR) is 112 cm³/mol. The standard InChI is InChI=1S/C23H27N3O3/c1-17-8-6-7-11-21(17)26-15-20(14-19-9-4-3-5-10-19)25(16-23(26)29)22(28)12-13-24-18(2)27/h3-11,20H,12-16H2,1-2H3,(H,24,27). The minimum absolute atomic E-state index is 0.0464. The summed E-state index contributed by atoms with van der Waals surface area (Å²) in [4.78, 5) is 40.3. The molecule has 0 saturated carbocycles. The van der Waals surface area contributed by atoms with Crippen LogP contribution in [0.3, 0.4) is 0 Å². The van der Waals surface area contributed by atoms with E-state index in [1.165, 1.54) is 6.92 Å². The number of para-hydroxylation sites is 1. The minimum atomic E-state index is -0.168. The van der Waals surface area contributed by atoms with Crippen LogP contribution in [0.25, 0.3) is 0 Å².